The van der Waals surface area contributed by atoms with Crippen LogP contribution in [0.4, 0.5) is 0 Å². The van der Waals surface area contributed by atoms with Gasteiger partial charge >= 0.3 is 0 Å². The summed E-state index contributed by atoms with van der Waals surface area (Å²) in [5.41, 5.74) is 2.28. The molecule has 0 aromatic heterocycles. The van der Waals surface area contributed by atoms with Crippen molar-refractivity contribution in [3.63, 3.8) is 0 Å². The van der Waals surface area contributed by atoms with Gasteiger partial charge in [0.25, 0.3) is 0 Å². The van der Waals surface area contributed by atoms with E-state index in [2.05, 4.69) is 24.3 Å². The lowest BCUT2D eigenvalue weighted by atomic mass is 10.1. The van der Waals surface area contributed by atoms with Crippen molar-refractivity contribution in [2.24, 2.45) is 5.92 Å². The maximum Gasteiger partial charge on any atom is 0.223 e. The number of hydrogen-bond acceptors (Lipinski definition) is 4. The van der Waals surface area contributed by atoms with E-state index in [-0.39, 0.29) is 11.0 Å². The van der Waals surface area contributed by atoms with Crippen LogP contribution < -0.4 is 0 Å². The number of amides is 1. The van der Waals surface area contributed by atoms with Crippen molar-refractivity contribution in [3.8, 4) is 0 Å². The molecule has 1 fully saturated rings. The van der Waals surface area contributed by atoms with Gasteiger partial charge in [-0.2, -0.15) is 0 Å². The van der Waals surface area contributed by atoms with Gasteiger partial charge in [-0.25, -0.2) is 0 Å². The molecule has 4 nitrogen and oxygen atoms in total. The molecule has 0 saturated carbocycles. The number of hydrogen-bond donors (Lipinski definition) is 0. The van der Waals surface area contributed by atoms with E-state index >= 15 is 0 Å². The Morgan fingerprint density at radius 2 is 2.00 bits per heavy atom. The summed E-state index contributed by atoms with van der Waals surface area (Å²) in [6.07, 6.45) is 0.558. The topological polar surface area (TPSA) is 46.6 Å². The van der Waals surface area contributed by atoms with E-state index in [1.54, 1.807) is 6.92 Å². The Morgan fingerprint density at radius 3 is 2.64 bits per heavy atom. The number of rotatable bonds is 7. The highest BCUT2D eigenvalue weighted by molar-refractivity contribution is 8.13. The van der Waals surface area contributed by atoms with Gasteiger partial charge in [-0.15, -0.1) is 0 Å². The third-order valence-electron chi connectivity index (χ3n) is 3.69. The summed E-state index contributed by atoms with van der Waals surface area (Å²) in [7, 11) is 0. The molecule has 1 heterocycles. The number of thioether (sulfide) groups is 1. The van der Waals surface area contributed by atoms with E-state index in [9.17, 15) is 9.59 Å². The van der Waals surface area contributed by atoms with Gasteiger partial charge in [0, 0.05) is 38.8 Å². The Labute approximate surface area is 136 Å². The fourth-order valence-corrected chi connectivity index (χ4v) is 3.23. The van der Waals surface area contributed by atoms with Crippen molar-refractivity contribution in [1.29, 1.82) is 0 Å². The van der Waals surface area contributed by atoms with Crippen molar-refractivity contribution in [3.05, 3.63) is 35.4 Å². The second-order valence-electron chi connectivity index (χ2n) is 5.60. The van der Waals surface area contributed by atoms with Crippen LogP contribution in [0.1, 0.15) is 31.4 Å². The second kappa shape index (κ2) is 8.34. The van der Waals surface area contributed by atoms with Gasteiger partial charge in [0.05, 0.1) is 6.61 Å². The monoisotopic (exact) mass is 321 g/mol. The normalized spacial score (nSPS) is 18.0. The minimum atomic E-state index is 0.121. The van der Waals surface area contributed by atoms with Crippen LogP contribution in [-0.4, -0.2) is 34.8 Å². The van der Waals surface area contributed by atoms with Crippen LogP contribution in [0.5, 0.6) is 0 Å². The van der Waals surface area contributed by atoms with Crippen LogP contribution in [0.2, 0.25) is 0 Å². The molecular formula is C17H23NO3S. The average Bonchev–Trinajstić information content (AvgIpc) is 2.85. The van der Waals surface area contributed by atoms with E-state index < -0.39 is 0 Å². The summed E-state index contributed by atoms with van der Waals surface area (Å²) >= 11 is 1.32. The van der Waals surface area contributed by atoms with Crippen molar-refractivity contribution < 1.29 is 14.3 Å². The lowest BCUT2D eigenvalue weighted by Gasteiger charge is -2.17. The van der Waals surface area contributed by atoms with E-state index in [0.29, 0.717) is 32.1 Å². The second-order valence-corrected chi connectivity index (χ2v) is 6.80. The van der Waals surface area contributed by atoms with Crippen LogP contribution >= 0.6 is 11.8 Å². The van der Waals surface area contributed by atoms with Crippen LogP contribution in [0, 0.1) is 5.92 Å². The van der Waals surface area contributed by atoms with Crippen LogP contribution in [0.15, 0.2) is 24.3 Å². The van der Waals surface area contributed by atoms with Crippen molar-refractivity contribution in [2.75, 3.05) is 18.9 Å². The molecule has 1 aromatic rings. The molecule has 120 valence electrons. The molecule has 1 unspecified atom stereocenters. The number of benzene rings is 1. The Hall–Kier alpha value is -1.33. The van der Waals surface area contributed by atoms with Gasteiger partial charge in [0.1, 0.15) is 0 Å². The Bertz CT molecular complexity index is 515. The van der Waals surface area contributed by atoms with E-state index in [0.717, 1.165) is 23.4 Å². The number of carbonyl (C=O) groups excluding carboxylic acids is 2. The first-order valence-electron chi connectivity index (χ1n) is 7.65. The molecule has 1 aliphatic rings. The summed E-state index contributed by atoms with van der Waals surface area (Å²) in [6, 6.07) is 8.21. The highest BCUT2D eigenvalue weighted by Crippen LogP contribution is 2.24. The molecule has 1 aliphatic heterocycles. The molecule has 0 spiro atoms. The van der Waals surface area contributed by atoms with Crippen molar-refractivity contribution in [1.82, 2.24) is 4.90 Å². The van der Waals surface area contributed by atoms with Crippen LogP contribution in [0.25, 0.3) is 0 Å². The van der Waals surface area contributed by atoms with Crippen LogP contribution in [0.3, 0.4) is 0 Å². The molecule has 0 N–H and O–H groups in total. The molecule has 5 heteroatoms. The van der Waals surface area contributed by atoms with E-state index in [1.807, 2.05) is 11.8 Å². The lowest BCUT2D eigenvalue weighted by Crippen LogP contribution is -2.24. The van der Waals surface area contributed by atoms with E-state index in [4.69, 9.17) is 4.74 Å². The highest BCUT2D eigenvalue weighted by Gasteiger charge is 2.29. The maximum absolute atomic E-state index is 12.1. The summed E-state index contributed by atoms with van der Waals surface area (Å²) in [6.45, 7) is 6.29. The van der Waals surface area contributed by atoms with Gasteiger partial charge in [0.2, 0.25) is 5.91 Å². The number of nitrogens with zero attached hydrogens (tertiary/aromatic N) is 1. The van der Waals surface area contributed by atoms with Gasteiger partial charge in [0.15, 0.2) is 5.12 Å². The molecule has 0 aliphatic carbocycles. The zero-order valence-electron chi connectivity index (χ0n) is 13.2. The molecule has 1 atom stereocenters. The number of likely N-dealkylation sites (tertiary alicyclic amines) is 1. The summed E-state index contributed by atoms with van der Waals surface area (Å²) in [4.78, 5) is 25.0. The lowest BCUT2D eigenvalue weighted by molar-refractivity contribution is -0.128. The summed E-state index contributed by atoms with van der Waals surface area (Å²) in [5, 5.41) is 0.121. The fourth-order valence-electron chi connectivity index (χ4n) is 2.53. The molecule has 2 rings (SSSR count). The molecule has 1 aromatic carbocycles. The molecular weight excluding hydrogens is 298 g/mol. The first kappa shape index (κ1) is 17.0. The number of ether oxygens (including phenoxy) is 1. The zero-order chi connectivity index (χ0) is 15.9. The Morgan fingerprint density at radius 1 is 1.32 bits per heavy atom. The molecule has 1 amide bonds. The average molecular weight is 321 g/mol. The van der Waals surface area contributed by atoms with Crippen molar-refractivity contribution >= 4 is 22.8 Å². The predicted molar refractivity (Wildman–Crippen MR) is 88.4 cm³/mol. The third-order valence-corrected chi connectivity index (χ3v) is 4.73. The largest absolute Gasteiger partial charge is 0.377 e. The summed E-state index contributed by atoms with van der Waals surface area (Å²) in [5.74, 6) is 1.22. The quantitative estimate of drug-likeness (QED) is 0.775. The van der Waals surface area contributed by atoms with Crippen LogP contribution in [-0.2, 0) is 27.5 Å². The highest BCUT2D eigenvalue weighted by atomic mass is 32.2. The van der Waals surface area contributed by atoms with Gasteiger partial charge in [-0.05, 0) is 24.0 Å². The molecule has 1 saturated heterocycles. The van der Waals surface area contributed by atoms with Gasteiger partial charge < -0.3 is 9.64 Å². The standard InChI is InChI=1S/C17H23NO3S/c1-3-21-11-15-6-4-14(5-7-15)9-18-10-16(8-17(18)20)12-22-13(2)19/h4-7,16H,3,8-12H2,1-2H3. The fraction of sp³-hybridized carbons (Fsp3) is 0.529. The maximum atomic E-state index is 12.1. The minimum absolute atomic E-state index is 0.121. The van der Waals surface area contributed by atoms with E-state index in [1.165, 1.54) is 11.8 Å². The predicted octanol–water partition coefficient (Wildman–Crippen LogP) is 2.85. The molecule has 22 heavy (non-hydrogen) atoms. The van der Waals surface area contributed by atoms with Gasteiger partial charge in [-0.1, -0.05) is 36.0 Å². The van der Waals surface area contributed by atoms with Gasteiger partial charge in [-0.3, -0.25) is 9.59 Å². The zero-order valence-corrected chi connectivity index (χ0v) is 14.0. The summed E-state index contributed by atoms with van der Waals surface area (Å²) < 4.78 is 5.38. The SMILES string of the molecule is CCOCc1ccc(CN2CC(CSC(C)=O)CC2=O)cc1. The van der Waals surface area contributed by atoms with Crippen molar-refractivity contribution in [2.45, 2.75) is 33.4 Å². The first-order chi connectivity index (χ1) is 10.6. The Kier molecular flexibility index (Phi) is 6.46. The Balaban J connectivity index is 1.85. The first-order valence-corrected chi connectivity index (χ1v) is 8.63. The smallest absolute Gasteiger partial charge is 0.223 e. The third kappa shape index (κ3) is 5.14. The molecule has 0 bridgehead atoms. The molecule has 0 radical (unpaired) electrons. The minimum Gasteiger partial charge on any atom is -0.377 e. The number of carbonyl (C=O) groups is 2.